The average Bonchev–Trinajstić information content (AvgIpc) is 2.47. The maximum Gasteiger partial charge on any atom is 0.323 e. The molecule has 1 aliphatic rings. The maximum atomic E-state index is 11.7. The van der Waals surface area contributed by atoms with E-state index >= 15 is 0 Å². The Morgan fingerprint density at radius 3 is 3.05 bits per heavy atom. The molecule has 0 spiro atoms. The zero-order chi connectivity index (χ0) is 14.4. The number of likely N-dealkylation sites (tertiary alicyclic amines) is 1. The summed E-state index contributed by atoms with van der Waals surface area (Å²) < 4.78 is 10.5. The quantitative estimate of drug-likeness (QED) is 0.784. The van der Waals surface area contributed by atoms with Gasteiger partial charge in [-0.3, -0.25) is 9.69 Å². The Morgan fingerprint density at radius 1 is 1.45 bits per heavy atom. The number of carbonyl (C=O) groups is 1. The Labute approximate surface area is 124 Å². The number of halogens is 1. The fourth-order valence-corrected chi connectivity index (χ4v) is 2.68. The third-order valence-electron chi connectivity index (χ3n) is 3.53. The first-order chi connectivity index (χ1) is 9.70. The highest BCUT2D eigenvalue weighted by atomic mass is 35.5. The van der Waals surface area contributed by atoms with Crippen LogP contribution in [0.4, 0.5) is 0 Å². The van der Waals surface area contributed by atoms with Gasteiger partial charge < -0.3 is 9.47 Å². The SMILES string of the molecule is COC(=O)C1CCCCN1CCOc1cccc(Cl)c1. The molecule has 0 aliphatic carbocycles. The maximum absolute atomic E-state index is 11.7. The lowest BCUT2D eigenvalue weighted by molar-refractivity contribution is -0.148. The van der Waals surface area contributed by atoms with Gasteiger partial charge in [0.15, 0.2) is 0 Å². The van der Waals surface area contributed by atoms with E-state index in [4.69, 9.17) is 21.1 Å². The van der Waals surface area contributed by atoms with Crippen molar-refractivity contribution in [3.05, 3.63) is 29.3 Å². The highest BCUT2D eigenvalue weighted by Crippen LogP contribution is 2.19. The van der Waals surface area contributed by atoms with Gasteiger partial charge in [0, 0.05) is 11.6 Å². The molecule has 1 saturated heterocycles. The number of ether oxygens (including phenoxy) is 2. The van der Waals surface area contributed by atoms with Gasteiger partial charge in [-0.25, -0.2) is 0 Å². The summed E-state index contributed by atoms with van der Waals surface area (Å²) in [5, 5.41) is 0.660. The highest BCUT2D eigenvalue weighted by molar-refractivity contribution is 6.30. The molecular weight excluding hydrogens is 278 g/mol. The first-order valence-corrected chi connectivity index (χ1v) is 7.29. The third-order valence-corrected chi connectivity index (χ3v) is 3.77. The van der Waals surface area contributed by atoms with Crippen molar-refractivity contribution in [2.75, 3.05) is 26.8 Å². The van der Waals surface area contributed by atoms with Crippen LogP contribution in [0.2, 0.25) is 5.02 Å². The van der Waals surface area contributed by atoms with E-state index in [2.05, 4.69) is 4.90 Å². The average molecular weight is 298 g/mol. The van der Waals surface area contributed by atoms with Gasteiger partial charge in [0.25, 0.3) is 0 Å². The first-order valence-electron chi connectivity index (χ1n) is 6.91. The van der Waals surface area contributed by atoms with Crippen molar-refractivity contribution in [3.8, 4) is 5.75 Å². The lowest BCUT2D eigenvalue weighted by Crippen LogP contribution is -2.46. The van der Waals surface area contributed by atoms with E-state index in [0.717, 1.165) is 31.6 Å². The van der Waals surface area contributed by atoms with E-state index in [1.54, 1.807) is 6.07 Å². The Bertz CT molecular complexity index is 452. The van der Waals surface area contributed by atoms with Gasteiger partial charge in [-0.15, -0.1) is 0 Å². The van der Waals surface area contributed by atoms with Gasteiger partial charge in [-0.05, 0) is 37.6 Å². The van der Waals surface area contributed by atoms with Crippen LogP contribution in [-0.2, 0) is 9.53 Å². The van der Waals surface area contributed by atoms with E-state index in [-0.39, 0.29) is 12.0 Å². The van der Waals surface area contributed by atoms with Crippen LogP contribution in [0.15, 0.2) is 24.3 Å². The van der Waals surface area contributed by atoms with Gasteiger partial charge >= 0.3 is 5.97 Å². The van der Waals surface area contributed by atoms with E-state index in [0.29, 0.717) is 18.2 Å². The lowest BCUT2D eigenvalue weighted by atomic mass is 10.0. The lowest BCUT2D eigenvalue weighted by Gasteiger charge is -2.33. The van der Waals surface area contributed by atoms with Crippen molar-refractivity contribution in [2.45, 2.75) is 25.3 Å². The fourth-order valence-electron chi connectivity index (χ4n) is 2.50. The fraction of sp³-hybridized carbons (Fsp3) is 0.533. The Morgan fingerprint density at radius 2 is 2.30 bits per heavy atom. The number of rotatable bonds is 5. The Balaban J connectivity index is 1.84. The molecule has 1 aliphatic heterocycles. The molecule has 1 unspecified atom stereocenters. The highest BCUT2D eigenvalue weighted by Gasteiger charge is 2.28. The summed E-state index contributed by atoms with van der Waals surface area (Å²) in [6.45, 7) is 2.17. The summed E-state index contributed by atoms with van der Waals surface area (Å²) in [4.78, 5) is 13.9. The van der Waals surface area contributed by atoms with E-state index in [9.17, 15) is 4.79 Å². The van der Waals surface area contributed by atoms with Crippen LogP contribution in [-0.4, -0.2) is 43.7 Å². The van der Waals surface area contributed by atoms with Crippen molar-refractivity contribution in [1.82, 2.24) is 4.90 Å². The molecule has 1 atom stereocenters. The molecule has 1 aromatic rings. The molecule has 20 heavy (non-hydrogen) atoms. The number of esters is 1. The van der Waals surface area contributed by atoms with Crippen molar-refractivity contribution in [1.29, 1.82) is 0 Å². The van der Waals surface area contributed by atoms with Crippen LogP contribution in [0.5, 0.6) is 5.75 Å². The van der Waals surface area contributed by atoms with Crippen molar-refractivity contribution >= 4 is 17.6 Å². The largest absolute Gasteiger partial charge is 0.492 e. The predicted octanol–water partition coefficient (Wildman–Crippen LogP) is 2.75. The number of nitrogens with zero attached hydrogens (tertiary/aromatic N) is 1. The van der Waals surface area contributed by atoms with Crippen molar-refractivity contribution in [3.63, 3.8) is 0 Å². The van der Waals surface area contributed by atoms with E-state index in [1.807, 2.05) is 18.2 Å². The smallest absolute Gasteiger partial charge is 0.323 e. The normalized spacial score (nSPS) is 19.6. The summed E-state index contributed by atoms with van der Waals surface area (Å²) in [6.07, 6.45) is 3.06. The van der Waals surface area contributed by atoms with Gasteiger partial charge in [0.05, 0.1) is 7.11 Å². The second-order valence-corrected chi connectivity index (χ2v) is 5.31. The van der Waals surface area contributed by atoms with Crippen LogP contribution in [0.1, 0.15) is 19.3 Å². The molecule has 1 fully saturated rings. The van der Waals surface area contributed by atoms with Crippen molar-refractivity contribution in [2.24, 2.45) is 0 Å². The summed E-state index contributed by atoms with van der Waals surface area (Å²) in [5.41, 5.74) is 0. The molecule has 2 rings (SSSR count). The summed E-state index contributed by atoms with van der Waals surface area (Å²) in [5.74, 6) is 0.608. The molecular formula is C15H20ClNO3. The van der Waals surface area contributed by atoms with E-state index < -0.39 is 0 Å². The van der Waals surface area contributed by atoms with Gasteiger partial charge in [0.1, 0.15) is 18.4 Å². The molecule has 110 valence electrons. The molecule has 0 N–H and O–H groups in total. The zero-order valence-electron chi connectivity index (χ0n) is 11.7. The number of carbonyl (C=O) groups excluding carboxylic acids is 1. The summed E-state index contributed by atoms with van der Waals surface area (Å²) >= 11 is 5.90. The third kappa shape index (κ3) is 4.12. The summed E-state index contributed by atoms with van der Waals surface area (Å²) in [7, 11) is 1.44. The van der Waals surface area contributed by atoms with Crippen LogP contribution in [0, 0.1) is 0 Å². The van der Waals surface area contributed by atoms with Crippen LogP contribution >= 0.6 is 11.6 Å². The van der Waals surface area contributed by atoms with Gasteiger partial charge in [0.2, 0.25) is 0 Å². The Kier molecular flexibility index (Phi) is 5.68. The minimum absolute atomic E-state index is 0.128. The number of methoxy groups -OCH3 is 1. The minimum Gasteiger partial charge on any atom is -0.492 e. The molecule has 4 nitrogen and oxygen atoms in total. The molecule has 0 bridgehead atoms. The van der Waals surface area contributed by atoms with Gasteiger partial charge in [-0.2, -0.15) is 0 Å². The number of benzene rings is 1. The van der Waals surface area contributed by atoms with Crippen molar-refractivity contribution < 1.29 is 14.3 Å². The predicted molar refractivity (Wildman–Crippen MR) is 78.2 cm³/mol. The second-order valence-electron chi connectivity index (χ2n) is 4.88. The van der Waals surface area contributed by atoms with Crippen LogP contribution in [0.25, 0.3) is 0 Å². The standard InChI is InChI=1S/C15H20ClNO3/c1-19-15(18)14-7-2-3-8-17(14)9-10-20-13-6-4-5-12(16)11-13/h4-6,11,14H,2-3,7-10H2,1H3. The Hall–Kier alpha value is -1.26. The number of piperidine rings is 1. The van der Waals surface area contributed by atoms with Crippen LogP contribution in [0.3, 0.4) is 0 Å². The second kappa shape index (κ2) is 7.50. The first kappa shape index (κ1) is 15.1. The number of hydrogen-bond donors (Lipinski definition) is 0. The summed E-state index contributed by atoms with van der Waals surface area (Å²) in [6, 6.07) is 7.20. The molecule has 5 heteroatoms. The minimum atomic E-state index is -0.146. The molecule has 0 aromatic heterocycles. The van der Waals surface area contributed by atoms with Crippen LogP contribution < -0.4 is 4.74 Å². The number of hydrogen-bond acceptors (Lipinski definition) is 4. The molecule has 0 amide bonds. The molecule has 1 heterocycles. The van der Waals surface area contributed by atoms with E-state index in [1.165, 1.54) is 7.11 Å². The zero-order valence-corrected chi connectivity index (χ0v) is 12.4. The monoisotopic (exact) mass is 297 g/mol. The molecule has 0 saturated carbocycles. The van der Waals surface area contributed by atoms with Gasteiger partial charge in [-0.1, -0.05) is 24.1 Å². The molecule has 1 aromatic carbocycles. The molecule has 0 radical (unpaired) electrons. The topological polar surface area (TPSA) is 38.8 Å².